The lowest BCUT2D eigenvalue weighted by Gasteiger charge is -2.19. The molecule has 0 amide bonds. The number of benzene rings is 2. The van der Waals surface area contributed by atoms with E-state index >= 15 is 0 Å². The molecule has 0 saturated heterocycles. The standard InChI is InChI=1S/C30H37N3O3/c1-4-21-7-9-22(10-8-21)29-32-18-20(3)28(33-29)19-31-15-6-16-36-24-12-14-26-23(17-24)11-13-27(26)25(5-2)30(34)35/h7-10,12,14,17-18,25,27,31H,4-6,11,13,15-16,19H2,1-3H3,(H,34,35)/t25?,27-/m0/s1. The van der Waals surface area contributed by atoms with Gasteiger partial charge in [-0.2, -0.15) is 0 Å². The van der Waals surface area contributed by atoms with Gasteiger partial charge in [-0.1, -0.05) is 44.2 Å². The molecule has 2 atom stereocenters. The van der Waals surface area contributed by atoms with Crippen LogP contribution in [0.5, 0.6) is 5.75 Å². The van der Waals surface area contributed by atoms with Crippen molar-refractivity contribution in [3.8, 4) is 17.1 Å². The molecule has 3 aromatic rings. The van der Waals surface area contributed by atoms with Crippen LogP contribution in [0.3, 0.4) is 0 Å². The number of fused-ring (bicyclic) bond motifs is 1. The summed E-state index contributed by atoms with van der Waals surface area (Å²) in [5.74, 6) is 0.740. The number of carboxylic acids is 1. The predicted molar refractivity (Wildman–Crippen MR) is 142 cm³/mol. The van der Waals surface area contributed by atoms with E-state index in [-0.39, 0.29) is 11.8 Å². The number of aliphatic carboxylic acids is 1. The second kappa shape index (κ2) is 12.1. The molecule has 190 valence electrons. The highest BCUT2D eigenvalue weighted by Crippen LogP contribution is 2.41. The van der Waals surface area contributed by atoms with Crippen LogP contribution in [-0.4, -0.2) is 34.2 Å². The van der Waals surface area contributed by atoms with Gasteiger partial charge < -0.3 is 15.2 Å². The first-order valence-electron chi connectivity index (χ1n) is 13.1. The van der Waals surface area contributed by atoms with Crippen LogP contribution in [0.25, 0.3) is 11.4 Å². The minimum absolute atomic E-state index is 0.113. The zero-order valence-corrected chi connectivity index (χ0v) is 21.6. The van der Waals surface area contributed by atoms with Crippen LogP contribution >= 0.6 is 0 Å². The highest BCUT2D eigenvalue weighted by Gasteiger charge is 2.33. The van der Waals surface area contributed by atoms with E-state index in [2.05, 4.69) is 53.6 Å². The summed E-state index contributed by atoms with van der Waals surface area (Å²) >= 11 is 0. The van der Waals surface area contributed by atoms with Crippen LogP contribution in [0, 0.1) is 12.8 Å². The van der Waals surface area contributed by atoms with E-state index in [4.69, 9.17) is 9.72 Å². The molecule has 1 aliphatic rings. The molecule has 0 bridgehead atoms. The SMILES string of the molecule is CCc1ccc(-c2ncc(C)c(CNCCCOc3ccc4c(c3)CC[C@H]4C(CC)C(=O)O)n2)cc1. The summed E-state index contributed by atoms with van der Waals surface area (Å²) in [6.45, 7) is 8.29. The Labute approximate surface area is 214 Å². The molecule has 36 heavy (non-hydrogen) atoms. The summed E-state index contributed by atoms with van der Waals surface area (Å²) in [5, 5.41) is 13.0. The van der Waals surface area contributed by atoms with Gasteiger partial charge in [0.1, 0.15) is 5.75 Å². The molecule has 0 saturated carbocycles. The molecule has 0 aliphatic heterocycles. The van der Waals surface area contributed by atoms with Gasteiger partial charge in [0.25, 0.3) is 0 Å². The maximum atomic E-state index is 11.6. The number of carbonyl (C=O) groups is 1. The van der Waals surface area contributed by atoms with E-state index in [0.717, 1.165) is 60.6 Å². The Morgan fingerprint density at radius 3 is 2.72 bits per heavy atom. The zero-order valence-electron chi connectivity index (χ0n) is 21.6. The van der Waals surface area contributed by atoms with E-state index in [9.17, 15) is 9.90 Å². The fourth-order valence-electron chi connectivity index (χ4n) is 5.04. The average Bonchev–Trinajstić information content (AvgIpc) is 3.30. The van der Waals surface area contributed by atoms with Gasteiger partial charge in [-0.15, -0.1) is 0 Å². The maximum Gasteiger partial charge on any atom is 0.307 e. The fourth-order valence-corrected chi connectivity index (χ4v) is 5.04. The van der Waals surface area contributed by atoms with E-state index in [1.807, 2.05) is 26.1 Å². The Balaban J connectivity index is 1.24. The summed E-state index contributed by atoms with van der Waals surface area (Å²) in [7, 11) is 0. The Morgan fingerprint density at radius 2 is 2.00 bits per heavy atom. The van der Waals surface area contributed by atoms with E-state index in [1.165, 1.54) is 16.7 Å². The van der Waals surface area contributed by atoms with Crippen LogP contribution in [-0.2, 0) is 24.2 Å². The van der Waals surface area contributed by atoms with Crippen LogP contribution in [0.4, 0.5) is 0 Å². The fraction of sp³-hybridized carbons (Fsp3) is 0.433. The minimum atomic E-state index is -0.692. The molecular formula is C30H37N3O3. The lowest BCUT2D eigenvalue weighted by molar-refractivity contribution is -0.142. The Morgan fingerprint density at radius 1 is 1.19 bits per heavy atom. The average molecular weight is 488 g/mol. The van der Waals surface area contributed by atoms with E-state index in [0.29, 0.717) is 19.6 Å². The lowest BCUT2D eigenvalue weighted by Crippen LogP contribution is -2.19. The largest absolute Gasteiger partial charge is 0.494 e. The predicted octanol–water partition coefficient (Wildman–Crippen LogP) is 5.71. The number of aromatic nitrogens is 2. The molecule has 0 spiro atoms. The van der Waals surface area contributed by atoms with Gasteiger partial charge in [0.15, 0.2) is 5.82 Å². The molecule has 1 aliphatic carbocycles. The molecule has 6 nitrogen and oxygen atoms in total. The van der Waals surface area contributed by atoms with Crippen molar-refractivity contribution in [2.24, 2.45) is 5.92 Å². The number of rotatable bonds is 12. The summed E-state index contributed by atoms with van der Waals surface area (Å²) in [6.07, 6.45) is 6.28. The number of nitrogens with zero attached hydrogens (tertiary/aromatic N) is 2. The maximum absolute atomic E-state index is 11.6. The van der Waals surface area contributed by atoms with Crippen LogP contribution in [0.2, 0.25) is 0 Å². The van der Waals surface area contributed by atoms with Crippen LogP contribution in [0.1, 0.15) is 67.0 Å². The summed E-state index contributed by atoms with van der Waals surface area (Å²) in [5.41, 5.74) is 6.85. The van der Waals surface area contributed by atoms with Crippen molar-refractivity contribution in [3.63, 3.8) is 0 Å². The molecular weight excluding hydrogens is 450 g/mol. The van der Waals surface area contributed by atoms with Crippen molar-refractivity contribution in [3.05, 3.63) is 76.6 Å². The number of carboxylic acid groups (broad SMARTS) is 1. The second-order valence-corrected chi connectivity index (χ2v) is 9.61. The van der Waals surface area contributed by atoms with Crippen molar-refractivity contribution in [1.82, 2.24) is 15.3 Å². The van der Waals surface area contributed by atoms with E-state index < -0.39 is 5.97 Å². The third-order valence-corrected chi connectivity index (χ3v) is 7.24. The molecule has 2 aromatic carbocycles. The highest BCUT2D eigenvalue weighted by atomic mass is 16.5. The van der Waals surface area contributed by atoms with Gasteiger partial charge in [-0.25, -0.2) is 9.97 Å². The Kier molecular flexibility index (Phi) is 8.70. The van der Waals surface area contributed by atoms with Gasteiger partial charge in [0.2, 0.25) is 0 Å². The lowest BCUT2D eigenvalue weighted by atomic mass is 9.85. The molecule has 4 rings (SSSR count). The van der Waals surface area contributed by atoms with Gasteiger partial charge in [-0.05, 0) is 85.9 Å². The third kappa shape index (κ3) is 6.11. The first-order chi connectivity index (χ1) is 17.5. The third-order valence-electron chi connectivity index (χ3n) is 7.24. The zero-order chi connectivity index (χ0) is 25.5. The summed E-state index contributed by atoms with van der Waals surface area (Å²) < 4.78 is 5.99. The number of hydrogen-bond donors (Lipinski definition) is 2. The number of ether oxygens (including phenoxy) is 1. The van der Waals surface area contributed by atoms with Crippen LogP contribution in [0.15, 0.2) is 48.7 Å². The van der Waals surface area contributed by atoms with Crippen molar-refractivity contribution in [1.29, 1.82) is 0 Å². The molecule has 6 heteroatoms. The Hall–Kier alpha value is -3.25. The van der Waals surface area contributed by atoms with Gasteiger partial charge in [0.05, 0.1) is 18.2 Å². The minimum Gasteiger partial charge on any atom is -0.494 e. The molecule has 2 N–H and O–H groups in total. The summed E-state index contributed by atoms with van der Waals surface area (Å²) in [4.78, 5) is 20.9. The smallest absolute Gasteiger partial charge is 0.307 e. The number of aryl methyl sites for hydroxylation is 3. The molecule has 1 unspecified atom stereocenters. The normalized spacial score (nSPS) is 15.5. The van der Waals surface area contributed by atoms with E-state index in [1.54, 1.807) is 0 Å². The number of nitrogens with one attached hydrogen (secondary N) is 1. The number of hydrogen-bond acceptors (Lipinski definition) is 5. The summed E-state index contributed by atoms with van der Waals surface area (Å²) in [6, 6.07) is 14.6. The first kappa shape index (κ1) is 25.8. The van der Waals surface area contributed by atoms with Crippen molar-refractivity contribution < 1.29 is 14.6 Å². The second-order valence-electron chi connectivity index (χ2n) is 9.61. The molecule has 0 radical (unpaired) electrons. The van der Waals surface area contributed by atoms with Gasteiger partial charge in [-0.3, -0.25) is 4.79 Å². The quantitative estimate of drug-likeness (QED) is 0.318. The topological polar surface area (TPSA) is 84.3 Å². The van der Waals surface area contributed by atoms with Gasteiger partial charge >= 0.3 is 5.97 Å². The van der Waals surface area contributed by atoms with Crippen molar-refractivity contribution >= 4 is 5.97 Å². The van der Waals surface area contributed by atoms with Crippen molar-refractivity contribution in [2.45, 2.75) is 65.3 Å². The Bertz CT molecular complexity index is 1180. The first-order valence-corrected chi connectivity index (χ1v) is 13.1. The van der Waals surface area contributed by atoms with Crippen LogP contribution < -0.4 is 10.1 Å². The van der Waals surface area contributed by atoms with Crippen molar-refractivity contribution in [2.75, 3.05) is 13.2 Å². The molecule has 0 fully saturated rings. The molecule has 1 aromatic heterocycles. The monoisotopic (exact) mass is 487 g/mol. The molecule has 1 heterocycles. The highest BCUT2D eigenvalue weighted by molar-refractivity contribution is 5.72. The van der Waals surface area contributed by atoms with Gasteiger partial charge in [0, 0.05) is 18.3 Å².